The molecular weight excluding hydrogens is 408 g/mol. The molecule has 2 N–H and O–H groups in total. The monoisotopic (exact) mass is 428 g/mol. The number of aryl methyl sites for hydroxylation is 2. The molecule has 0 fully saturated rings. The molecule has 4 aromatic carbocycles. The Kier molecular flexibility index (Phi) is 5.74. The summed E-state index contributed by atoms with van der Waals surface area (Å²) in [4.78, 5) is 25.2. The summed E-state index contributed by atoms with van der Waals surface area (Å²) in [7, 11) is 0. The number of hydrogen-bond acceptors (Lipinski definition) is 2. The molecule has 0 atom stereocenters. The van der Waals surface area contributed by atoms with E-state index < -0.39 is 0 Å². The van der Waals surface area contributed by atoms with Crippen molar-refractivity contribution in [3.05, 3.63) is 106 Å². The van der Waals surface area contributed by atoms with Crippen LogP contribution in [-0.2, 0) is 0 Å². The molecule has 4 nitrogen and oxygen atoms in total. The lowest BCUT2D eigenvalue weighted by molar-refractivity contribution is 0.102. The number of rotatable bonds is 4. The van der Waals surface area contributed by atoms with Crippen LogP contribution in [0.5, 0.6) is 0 Å². The van der Waals surface area contributed by atoms with E-state index in [0.717, 1.165) is 10.8 Å². The fraction of sp³-hybridized carbons (Fsp3) is 0.0769. The van der Waals surface area contributed by atoms with E-state index >= 15 is 0 Å². The molecule has 4 rings (SSSR count). The summed E-state index contributed by atoms with van der Waals surface area (Å²) in [5.74, 6) is -0.549. The molecule has 0 spiro atoms. The highest BCUT2D eigenvalue weighted by Gasteiger charge is 2.13. The first-order valence-electron chi connectivity index (χ1n) is 9.89. The van der Waals surface area contributed by atoms with Gasteiger partial charge in [0.2, 0.25) is 0 Å². The molecule has 0 saturated carbocycles. The van der Waals surface area contributed by atoms with Gasteiger partial charge in [0.1, 0.15) is 0 Å². The number of benzene rings is 4. The summed E-state index contributed by atoms with van der Waals surface area (Å²) in [6.07, 6.45) is 0. The van der Waals surface area contributed by atoms with Crippen LogP contribution in [0.1, 0.15) is 31.8 Å². The Labute approximate surface area is 185 Å². The molecule has 5 heteroatoms. The van der Waals surface area contributed by atoms with Gasteiger partial charge in [-0.05, 0) is 78.2 Å². The van der Waals surface area contributed by atoms with Gasteiger partial charge in [-0.15, -0.1) is 0 Å². The van der Waals surface area contributed by atoms with Gasteiger partial charge in [-0.2, -0.15) is 0 Å². The van der Waals surface area contributed by atoms with Crippen molar-refractivity contribution < 1.29 is 9.59 Å². The van der Waals surface area contributed by atoms with Gasteiger partial charge in [0.05, 0.1) is 10.6 Å². The summed E-state index contributed by atoms with van der Waals surface area (Å²) >= 11 is 6.32. The lowest BCUT2D eigenvalue weighted by Crippen LogP contribution is -2.14. The number of amides is 2. The molecule has 0 heterocycles. The van der Waals surface area contributed by atoms with Gasteiger partial charge in [0.25, 0.3) is 11.8 Å². The molecule has 0 aromatic heterocycles. The summed E-state index contributed by atoms with van der Waals surface area (Å²) in [6, 6.07) is 23.7. The standard InChI is InChI=1S/C26H21ClN2O2/c1-16-8-9-18-14-19(10-12-22(18)17(16)2)25(30)29-21-11-13-23(24(27)15-21)26(31)28-20-6-4-3-5-7-20/h3-15H,1-2H3,(H,28,31)(H,29,30). The molecule has 31 heavy (non-hydrogen) atoms. The lowest BCUT2D eigenvalue weighted by atomic mass is 9.99. The Bertz CT molecular complexity index is 1300. The second kappa shape index (κ2) is 8.62. The topological polar surface area (TPSA) is 58.2 Å². The Morgan fingerprint density at radius 1 is 0.742 bits per heavy atom. The van der Waals surface area contributed by atoms with Crippen LogP contribution in [0.3, 0.4) is 0 Å². The minimum atomic E-state index is -0.311. The maximum Gasteiger partial charge on any atom is 0.257 e. The third-order valence-electron chi connectivity index (χ3n) is 5.33. The van der Waals surface area contributed by atoms with E-state index in [1.165, 1.54) is 11.1 Å². The largest absolute Gasteiger partial charge is 0.322 e. The average Bonchev–Trinajstić information content (AvgIpc) is 2.77. The zero-order chi connectivity index (χ0) is 22.0. The average molecular weight is 429 g/mol. The van der Waals surface area contributed by atoms with Crippen LogP contribution in [0.25, 0.3) is 10.8 Å². The summed E-state index contributed by atoms with van der Waals surface area (Å²) < 4.78 is 0. The van der Waals surface area contributed by atoms with Gasteiger partial charge in [-0.25, -0.2) is 0 Å². The number of carbonyl (C=O) groups is 2. The second-order valence-electron chi connectivity index (χ2n) is 7.41. The molecule has 0 saturated heterocycles. The van der Waals surface area contributed by atoms with Crippen LogP contribution in [0.2, 0.25) is 5.02 Å². The van der Waals surface area contributed by atoms with Crippen LogP contribution in [0, 0.1) is 13.8 Å². The van der Waals surface area contributed by atoms with E-state index in [2.05, 4.69) is 30.5 Å². The number of halogens is 1. The maximum atomic E-state index is 12.7. The molecule has 0 aliphatic rings. The molecule has 0 radical (unpaired) electrons. The number of anilines is 2. The molecule has 0 bridgehead atoms. The van der Waals surface area contributed by atoms with E-state index in [-0.39, 0.29) is 16.8 Å². The second-order valence-corrected chi connectivity index (χ2v) is 7.82. The third-order valence-corrected chi connectivity index (χ3v) is 5.64. The van der Waals surface area contributed by atoms with Crippen molar-refractivity contribution >= 4 is 45.6 Å². The van der Waals surface area contributed by atoms with Gasteiger partial charge in [-0.3, -0.25) is 9.59 Å². The van der Waals surface area contributed by atoms with E-state index in [4.69, 9.17) is 11.6 Å². The molecular formula is C26H21ClN2O2. The van der Waals surface area contributed by atoms with Gasteiger partial charge in [-0.1, -0.05) is 48.0 Å². The molecule has 2 amide bonds. The number of fused-ring (bicyclic) bond motifs is 1. The molecule has 0 aliphatic heterocycles. The van der Waals surface area contributed by atoms with Gasteiger partial charge < -0.3 is 10.6 Å². The number of para-hydroxylation sites is 1. The zero-order valence-electron chi connectivity index (χ0n) is 17.2. The summed E-state index contributed by atoms with van der Waals surface area (Å²) in [5, 5.41) is 8.06. The van der Waals surface area contributed by atoms with Crippen LogP contribution in [0.15, 0.2) is 78.9 Å². The molecule has 154 valence electrons. The smallest absolute Gasteiger partial charge is 0.257 e. The normalized spacial score (nSPS) is 10.7. The van der Waals surface area contributed by atoms with E-state index in [1.807, 2.05) is 42.5 Å². The fourth-order valence-electron chi connectivity index (χ4n) is 3.44. The summed E-state index contributed by atoms with van der Waals surface area (Å²) in [6.45, 7) is 4.15. The van der Waals surface area contributed by atoms with Gasteiger partial charge in [0.15, 0.2) is 0 Å². The number of nitrogens with one attached hydrogen (secondary N) is 2. The molecule has 0 unspecified atom stereocenters. The fourth-order valence-corrected chi connectivity index (χ4v) is 3.70. The first-order chi connectivity index (χ1) is 14.9. The maximum absolute atomic E-state index is 12.7. The quantitative estimate of drug-likeness (QED) is 0.384. The Balaban J connectivity index is 1.51. The summed E-state index contributed by atoms with van der Waals surface area (Å²) in [5.41, 5.74) is 4.52. The van der Waals surface area contributed by atoms with Crippen molar-refractivity contribution in [1.29, 1.82) is 0 Å². The van der Waals surface area contributed by atoms with Crippen molar-refractivity contribution in [3.8, 4) is 0 Å². The van der Waals surface area contributed by atoms with Crippen LogP contribution < -0.4 is 10.6 Å². The highest BCUT2D eigenvalue weighted by molar-refractivity contribution is 6.34. The Morgan fingerprint density at radius 2 is 1.48 bits per heavy atom. The Hall–Kier alpha value is -3.63. The van der Waals surface area contributed by atoms with Crippen LogP contribution in [0.4, 0.5) is 11.4 Å². The number of hydrogen-bond donors (Lipinski definition) is 2. The van der Waals surface area contributed by atoms with Crippen LogP contribution >= 0.6 is 11.6 Å². The first-order valence-corrected chi connectivity index (χ1v) is 10.3. The molecule has 4 aromatic rings. The predicted molar refractivity (Wildman–Crippen MR) is 127 cm³/mol. The lowest BCUT2D eigenvalue weighted by Gasteiger charge is -2.11. The zero-order valence-corrected chi connectivity index (χ0v) is 18.0. The number of carbonyl (C=O) groups excluding carboxylic acids is 2. The Morgan fingerprint density at radius 3 is 2.23 bits per heavy atom. The van der Waals surface area contributed by atoms with E-state index in [9.17, 15) is 9.59 Å². The molecule has 0 aliphatic carbocycles. The van der Waals surface area contributed by atoms with Crippen molar-refractivity contribution in [2.24, 2.45) is 0 Å². The van der Waals surface area contributed by atoms with Gasteiger partial charge in [0, 0.05) is 16.9 Å². The van der Waals surface area contributed by atoms with E-state index in [0.29, 0.717) is 22.5 Å². The predicted octanol–water partition coefficient (Wildman–Crippen LogP) is 6.61. The van der Waals surface area contributed by atoms with Crippen molar-refractivity contribution in [1.82, 2.24) is 0 Å². The minimum absolute atomic E-state index is 0.238. The third kappa shape index (κ3) is 4.44. The van der Waals surface area contributed by atoms with Crippen LogP contribution in [-0.4, -0.2) is 11.8 Å². The SMILES string of the molecule is Cc1ccc2cc(C(=O)Nc3ccc(C(=O)Nc4ccccc4)c(Cl)c3)ccc2c1C. The highest BCUT2D eigenvalue weighted by atomic mass is 35.5. The minimum Gasteiger partial charge on any atom is -0.322 e. The first kappa shape index (κ1) is 20.6. The van der Waals surface area contributed by atoms with Crippen molar-refractivity contribution in [2.75, 3.05) is 10.6 Å². The van der Waals surface area contributed by atoms with Crippen molar-refractivity contribution in [3.63, 3.8) is 0 Å². The van der Waals surface area contributed by atoms with E-state index in [1.54, 1.807) is 30.3 Å². The van der Waals surface area contributed by atoms with Gasteiger partial charge >= 0.3 is 0 Å². The van der Waals surface area contributed by atoms with Crippen molar-refractivity contribution in [2.45, 2.75) is 13.8 Å². The highest BCUT2D eigenvalue weighted by Crippen LogP contribution is 2.25.